The van der Waals surface area contributed by atoms with Crippen molar-refractivity contribution < 1.29 is 18.3 Å². The Balaban J connectivity index is 2.90. The van der Waals surface area contributed by atoms with Crippen LogP contribution in [0.2, 0.25) is 5.15 Å². The normalized spacial score (nSPS) is 14.2. The summed E-state index contributed by atoms with van der Waals surface area (Å²) in [6, 6.07) is 2.26. The van der Waals surface area contributed by atoms with Crippen molar-refractivity contribution >= 4 is 11.6 Å². The lowest BCUT2D eigenvalue weighted by Gasteiger charge is -2.13. The first kappa shape index (κ1) is 10.3. The quantitative estimate of drug-likeness (QED) is 0.724. The van der Waals surface area contributed by atoms with Crippen molar-refractivity contribution in [3.63, 3.8) is 0 Å². The highest BCUT2D eigenvalue weighted by atomic mass is 35.5. The van der Waals surface area contributed by atoms with Crippen LogP contribution in [0.1, 0.15) is 11.7 Å². The van der Waals surface area contributed by atoms with Gasteiger partial charge < -0.3 is 5.11 Å². The lowest BCUT2D eigenvalue weighted by molar-refractivity contribution is -0.206. The summed E-state index contributed by atoms with van der Waals surface area (Å²) in [6.07, 6.45) is -6.28. The summed E-state index contributed by atoms with van der Waals surface area (Å²) in [5, 5.41) is 8.82. The van der Waals surface area contributed by atoms with Crippen LogP contribution in [0.25, 0.3) is 0 Å². The summed E-state index contributed by atoms with van der Waals surface area (Å²) in [5.41, 5.74) is -0.322. The molecule has 1 N–H and O–H groups in total. The molecule has 0 spiro atoms. The van der Waals surface area contributed by atoms with Crippen LogP contribution in [0, 0.1) is 0 Å². The minimum absolute atomic E-state index is 0.0816. The first-order chi connectivity index (χ1) is 5.91. The molecule has 1 atom stereocenters. The first-order valence-corrected chi connectivity index (χ1v) is 3.65. The average molecular weight is 212 g/mol. The lowest BCUT2D eigenvalue weighted by atomic mass is 10.1. The van der Waals surface area contributed by atoms with Crippen molar-refractivity contribution in [3.05, 3.63) is 29.0 Å². The minimum atomic E-state index is -4.67. The van der Waals surface area contributed by atoms with Gasteiger partial charge in [0.05, 0.1) is 0 Å². The van der Waals surface area contributed by atoms with E-state index in [0.29, 0.717) is 0 Å². The molecule has 0 bridgehead atoms. The molecule has 0 saturated carbocycles. The summed E-state index contributed by atoms with van der Waals surface area (Å²) < 4.78 is 35.8. The van der Waals surface area contributed by atoms with Crippen LogP contribution in [-0.4, -0.2) is 16.3 Å². The Bertz CT molecular complexity index is 285. The highest BCUT2D eigenvalue weighted by molar-refractivity contribution is 6.29. The summed E-state index contributed by atoms with van der Waals surface area (Å²) >= 11 is 5.36. The maximum absolute atomic E-state index is 11.9. The van der Waals surface area contributed by atoms with E-state index in [1.54, 1.807) is 0 Å². The number of hydrogen-bond acceptors (Lipinski definition) is 2. The third kappa shape index (κ3) is 2.57. The fourth-order valence-electron chi connectivity index (χ4n) is 0.738. The van der Waals surface area contributed by atoms with Crippen molar-refractivity contribution in [2.45, 2.75) is 12.3 Å². The number of aromatic nitrogens is 1. The van der Waals surface area contributed by atoms with Crippen LogP contribution in [0.3, 0.4) is 0 Å². The van der Waals surface area contributed by atoms with E-state index in [9.17, 15) is 13.2 Å². The van der Waals surface area contributed by atoms with Gasteiger partial charge in [-0.1, -0.05) is 17.7 Å². The van der Waals surface area contributed by atoms with Crippen molar-refractivity contribution in [2.75, 3.05) is 0 Å². The van der Waals surface area contributed by atoms with Crippen molar-refractivity contribution in [3.8, 4) is 0 Å². The zero-order valence-corrected chi connectivity index (χ0v) is 6.97. The topological polar surface area (TPSA) is 33.1 Å². The molecular formula is C7H5ClF3NO. The Morgan fingerprint density at radius 1 is 1.38 bits per heavy atom. The molecule has 0 aliphatic heterocycles. The Kier molecular flexibility index (Phi) is 2.77. The fourth-order valence-corrected chi connectivity index (χ4v) is 0.850. The maximum atomic E-state index is 11.9. The van der Waals surface area contributed by atoms with Gasteiger partial charge in [-0.25, -0.2) is 4.98 Å². The zero-order chi connectivity index (χ0) is 10.1. The number of nitrogens with zero attached hydrogens (tertiary/aromatic N) is 1. The van der Waals surface area contributed by atoms with Gasteiger partial charge in [0.25, 0.3) is 0 Å². The molecule has 0 aliphatic rings. The largest absolute Gasteiger partial charge is 0.418 e. The monoisotopic (exact) mass is 211 g/mol. The molecule has 1 unspecified atom stereocenters. The third-order valence-electron chi connectivity index (χ3n) is 1.38. The Morgan fingerprint density at radius 2 is 2.00 bits per heavy atom. The maximum Gasteiger partial charge on any atom is 0.418 e. The molecule has 0 amide bonds. The number of pyridine rings is 1. The van der Waals surface area contributed by atoms with E-state index in [1.807, 2.05) is 0 Å². The fraction of sp³-hybridized carbons (Fsp3) is 0.286. The van der Waals surface area contributed by atoms with Crippen LogP contribution in [-0.2, 0) is 0 Å². The van der Waals surface area contributed by atoms with Gasteiger partial charge in [0.1, 0.15) is 5.15 Å². The average Bonchev–Trinajstić information content (AvgIpc) is 2.03. The second-order valence-electron chi connectivity index (χ2n) is 2.36. The van der Waals surface area contributed by atoms with Gasteiger partial charge in [-0.15, -0.1) is 0 Å². The Labute approximate surface area is 77.0 Å². The molecule has 1 rings (SSSR count). The first-order valence-electron chi connectivity index (χ1n) is 3.27. The Morgan fingerprint density at radius 3 is 2.38 bits per heavy atom. The smallest absolute Gasteiger partial charge is 0.379 e. The summed E-state index contributed by atoms with van der Waals surface area (Å²) in [5.74, 6) is 0. The van der Waals surface area contributed by atoms with E-state index in [4.69, 9.17) is 16.7 Å². The third-order valence-corrected chi connectivity index (χ3v) is 1.60. The van der Waals surface area contributed by atoms with Gasteiger partial charge >= 0.3 is 6.18 Å². The molecule has 72 valence electrons. The van der Waals surface area contributed by atoms with E-state index in [-0.39, 0.29) is 10.7 Å². The second kappa shape index (κ2) is 3.51. The number of hydrogen-bond donors (Lipinski definition) is 1. The Hall–Kier alpha value is -0.810. The molecule has 0 saturated heterocycles. The van der Waals surface area contributed by atoms with E-state index >= 15 is 0 Å². The van der Waals surface area contributed by atoms with Gasteiger partial charge in [-0.05, 0) is 6.07 Å². The van der Waals surface area contributed by atoms with Crippen molar-refractivity contribution in [2.24, 2.45) is 0 Å². The highest BCUT2D eigenvalue weighted by Gasteiger charge is 2.39. The van der Waals surface area contributed by atoms with Gasteiger partial charge in [0.2, 0.25) is 0 Å². The van der Waals surface area contributed by atoms with Crippen LogP contribution >= 0.6 is 11.6 Å². The van der Waals surface area contributed by atoms with E-state index in [2.05, 4.69) is 4.98 Å². The molecule has 1 aromatic heterocycles. The number of halogens is 4. The second-order valence-corrected chi connectivity index (χ2v) is 2.75. The van der Waals surface area contributed by atoms with Crippen molar-refractivity contribution in [1.82, 2.24) is 4.98 Å². The standard InChI is InChI=1S/C7H5ClF3NO/c8-5-2-1-4(3-12-5)6(13)7(9,10)11/h1-3,6,13H. The van der Waals surface area contributed by atoms with E-state index in [0.717, 1.165) is 12.3 Å². The number of alkyl halides is 3. The predicted molar refractivity (Wildman–Crippen MR) is 40.3 cm³/mol. The predicted octanol–water partition coefficient (Wildman–Crippen LogP) is 2.33. The molecule has 13 heavy (non-hydrogen) atoms. The zero-order valence-electron chi connectivity index (χ0n) is 6.22. The molecule has 0 radical (unpaired) electrons. The number of rotatable bonds is 1. The van der Waals surface area contributed by atoms with Crippen molar-refractivity contribution in [1.29, 1.82) is 0 Å². The molecule has 2 nitrogen and oxygen atoms in total. The van der Waals surface area contributed by atoms with Gasteiger partial charge in [-0.2, -0.15) is 13.2 Å². The van der Waals surface area contributed by atoms with E-state index < -0.39 is 12.3 Å². The summed E-state index contributed by atoms with van der Waals surface area (Å²) in [6.45, 7) is 0. The lowest BCUT2D eigenvalue weighted by Crippen LogP contribution is -2.20. The molecule has 1 heterocycles. The van der Waals surface area contributed by atoms with Gasteiger partial charge in [0, 0.05) is 11.8 Å². The number of aliphatic hydroxyl groups is 1. The van der Waals surface area contributed by atoms with Gasteiger partial charge in [-0.3, -0.25) is 0 Å². The molecular weight excluding hydrogens is 207 g/mol. The SMILES string of the molecule is OC(c1ccc(Cl)nc1)C(F)(F)F. The van der Waals surface area contributed by atoms with Crippen LogP contribution in [0.4, 0.5) is 13.2 Å². The van der Waals surface area contributed by atoms with E-state index in [1.165, 1.54) is 6.07 Å². The minimum Gasteiger partial charge on any atom is -0.379 e. The van der Waals surface area contributed by atoms with Crippen LogP contribution in [0.5, 0.6) is 0 Å². The summed E-state index contributed by atoms with van der Waals surface area (Å²) in [7, 11) is 0. The van der Waals surface area contributed by atoms with Gasteiger partial charge in [0.15, 0.2) is 6.10 Å². The van der Waals surface area contributed by atoms with Crippen LogP contribution in [0.15, 0.2) is 18.3 Å². The van der Waals surface area contributed by atoms with Crippen LogP contribution < -0.4 is 0 Å². The molecule has 1 aromatic rings. The molecule has 0 aromatic carbocycles. The summed E-state index contributed by atoms with van der Waals surface area (Å²) in [4.78, 5) is 3.42. The highest BCUT2D eigenvalue weighted by Crippen LogP contribution is 2.31. The molecule has 6 heteroatoms. The number of aliphatic hydroxyl groups excluding tert-OH is 1. The molecule has 0 fully saturated rings. The molecule has 0 aliphatic carbocycles.